The summed E-state index contributed by atoms with van der Waals surface area (Å²) in [6.45, 7) is 0. The van der Waals surface area contributed by atoms with Crippen molar-refractivity contribution in [3.8, 4) is 5.75 Å². The zero-order valence-electron chi connectivity index (χ0n) is 12.1. The largest absolute Gasteiger partial charge is 0.495 e. The molecule has 0 aliphatic rings. The number of methoxy groups -OCH3 is 1. The molecule has 0 aromatic carbocycles. The molecular weight excluding hydrogens is 337 g/mol. The fourth-order valence-corrected chi connectivity index (χ4v) is 1.57. The molecule has 0 saturated heterocycles. The van der Waals surface area contributed by atoms with Crippen molar-refractivity contribution in [1.82, 2.24) is 10.3 Å². The highest BCUT2D eigenvalue weighted by molar-refractivity contribution is 6.68. The van der Waals surface area contributed by atoms with Crippen LogP contribution in [0.15, 0.2) is 30.4 Å². The number of ether oxygens (including phenoxy) is 1. The summed E-state index contributed by atoms with van der Waals surface area (Å²) in [5.41, 5.74) is 0.492. The quantitative estimate of drug-likeness (QED) is 0.654. The molecule has 1 heterocycles. The third-order valence-corrected chi connectivity index (χ3v) is 2.76. The van der Waals surface area contributed by atoms with Crippen molar-refractivity contribution in [2.45, 2.75) is 19.0 Å². The average Bonchev–Trinajstić information content (AvgIpc) is 2.48. The number of carbonyl (C=O) groups excluding carboxylic acids is 1. The first kappa shape index (κ1) is 18.9. The number of pyridine rings is 1. The van der Waals surface area contributed by atoms with Crippen molar-refractivity contribution >= 4 is 28.4 Å². The van der Waals surface area contributed by atoms with Crippen LogP contribution in [0.4, 0.5) is 18.9 Å². The second-order valence-electron chi connectivity index (χ2n) is 4.38. The minimum Gasteiger partial charge on any atom is -0.495 e. The van der Waals surface area contributed by atoms with Crippen molar-refractivity contribution in [1.29, 1.82) is 5.41 Å². The first-order valence-corrected chi connectivity index (χ1v) is 6.74. The van der Waals surface area contributed by atoms with Crippen molar-refractivity contribution in [2.24, 2.45) is 0 Å². The zero-order chi connectivity index (χ0) is 17.5. The lowest BCUT2D eigenvalue weighted by Crippen LogP contribution is -2.71. The summed E-state index contributed by atoms with van der Waals surface area (Å²) in [6, 6.07) is 1.64. The van der Waals surface area contributed by atoms with E-state index in [1.165, 1.54) is 31.0 Å². The lowest BCUT2D eigenvalue weighted by atomic mass is 10.3. The lowest BCUT2D eigenvalue weighted by molar-refractivity contribution is -0.497. The Morgan fingerprint density at radius 2 is 2.22 bits per heavy atom. The molecule has 126 valence electrons. The third kappa shape index (κ3) is 7.61. The molecule has 23 heavy (non-hydrogen) atoms. The molecule has 4 N–H and O–H groups in total. The molecule has 0 aliphatic carbocycles. The number of nitrogens with zero attached hydrogens (tertiary/aromatic N) is 1. The maximum absolute atomic E-state index is 12.1. The van der Waals surface area contributed by atoms with Gasteiger partial charge >= 0.3 is 6.18 Å². The monoisotopic (exact) mass is 351 g/mol. The molecule has 1 aromatic rings. The molecule has 1 rings (SSSR count). The summed E-state index contributed by atoms with van der Waals surface area (Å²) in [6.07, 6.45) is -2.12. The minimum atomic E-state index is -4.42. The van der Waals surface area contributed by atoms with Crippen LogP contribution in [0.3, 0.4) is 0 Å². The number of nitrogens with two attached hydrogens (primary N) is 1. The van der Waals surface area contributed by atoms with Gasteiger partial charge in [0.25, 0.3) is 0 Å². The number of hydrogen-bond acceptors (Lipinski definition) is 4. The van der Waals surface area contributed by atoms with Crippen LogP contribution in [-0.2, 0) is 4.79 Å². The molecule has 6 nitrogen and oxygen atoms in total. The minimum absolute atomic E-state index is 0.110. The maximum atomic E-state index is 12.1. The molecular formula is C13H15ClF3N4O2+. The summed E-state index contributed by atoms with van der Waals surface area (Å²) in [7, 11) is 1.47. The molecule has 10 heteroatoms. The predicted octanol–water partition coefficient (Wildman–Crippen LogP) is 1.80. The van der Waals surface area contributed by atoms with Crippen LogP contribution < -0.4 is 15.4 Å². The Morgan fingerprint density at radius 3 is 2.78 bits per heavy atom. The number of alkyl halides is 3. The van der Waals surface area contributed by atoms with Gasteiger partial charge in [0.1, 0.15) is 22.8 Å². The van der Waals surface area contributed by atoms with E-state index in [1.54, 1.807) is 6.07 Å². The lowest BCUT2D eigenvalue weighted by Gasteiger charge is -2.08. The highest BCUT2D eigenvalue weighted by Crippen LogP contribution is 2.21. The standard InChI is InChI=1S/C13H14ClF3N4O2/c1-23-9-4-8(5-19-6-9)20-7-10(12(14)18)21-11(22)2-3-13(15,16)17/h4-7,18,20H,2-3H2,1H3,(H,21,22)/p+1/b10-7+,18-12?. The maximum Gasteiger partial charge on any atom is 0.389 e. The van der Waals surface area contributed by atoms with Gasteiger partial charge in [-0.3, -0.25) is 20.5 Å². The molecule has 0 saturated carbocycles. The highest BCUT2D eigenvalue weighted by atomic mass is 35.5. The summed E-state index contributed by atoms with van der Waals surface area (Å²) < 4.78 is 41.2. The van der Waals surface area contributed by atoms with E-state index in [9.17, 15) is 18.0 Å². The van der Waals surface area contributed by atoms with Gasteiger partial charge in [-0.05, 0) is 0 Å². The highest BCUT2D eigenvalue weighted by Gasteiger charge is 2.28. The van der Waals surface area contributed by atoms with Gasteiger partial charge in [0.2, 0.25) is 5.91 Å². The Balaban J connectivity index is 2.70. The van der Waals surface area contributed by atoms with E-state index >= 15 is 0 Å². The number of nitrogens with one attached hydrogen (secondary N) is 2. The molecule has 0 spiro atoms. The number of allylic oxidation sites excluding steroid dienone is 1. The number of quaternary nitrogens is 1. The molecule has 1 aromatic heterocycles. The molecule has 1 amide bonds. The summed E-state index contributed by atoms with van der Waals surface area (Å²) in [4.78, 5) is 15.4. The Hall–Kier alpha value is -2.13. The van der Waals surface area contributed by atoms with E-state index in [0.717, 1.165) is 0 Å². The number of hydrogen-bond donors (Lipinski definition) is 3. The number of amides is 1. The smallest absolute Gasteiger partial charge is 0.389 e. The average molecular weight is 352 g/mol. The topological polar surface area (TPSA) is 91.7 Å². The fraction of sp³-hybridized carbons (Fsp3) is 0.308. The van der Waals surface area contributed by atoms with Gasteiger partial charge in [0.15, 0.2) is 5.69 Å². The van der Waals surface area contributed by atoms with E-state index in [-0.39, 0.29) is 5.70 Å². The Kier molecular flexibility index (Phi) is 6.98. The van der Waals surface area contributed by atoms with Crippen LogP contribution in [-0.4, -0.2) is 29.3 Å². The van der Waals surface area contributed by atoms with Gasteiger partial charge in [-0.15, -0.1) is 0 Å². The second kappa shape index (κ2) is 8.49. The van der Waals surface area contributed by atoms with E-state index in [0.29, 0.717) is 11.4 Å². The SMILES string of the molecule is COc1cncc([NH2+]/C=C(/NC(=O)CCC(F)(F)F)C(=N)Cl)c1. The van der Waals surface area contributed by atoms with Crippen LogP contribution in [0.1, 0.15) is 12.8 Å². The van der Waals surface area contributed by atoms with Crippen molar-refractivity contribution in [3.63, 3.8) is 0 Å². The molecule has 0 atom stereocenters. The van der Waals surface area contributed by atoms with Crippen LogP contribution in [0.2, 0.25) is 0 Å². The number of aromatic nitrogens is 1. The second-order valence-corrected chi connectivity index (χ2v) is 4.76. The van der Waals surface area contributed by atoms with Crippen LogP contribution in [0, 0.1) is 5.41 Å². The Morgan fingerprint density at radius 1 is 1.52 bits per heavy atom. The molecule has 0 aliphatic heterocycles. The van der Waals surface area contributed by atoms with E-state index < -0.39 is 30.1 Å². The van der Waals surface area contributed by atoms with Crippen LogP contribution >= 0.6 is 11.6 Å². The summed E-state index contributed by atoms with van der Waals surface area (Å²) >= 11 is 5.52. The van der Waals surface area contributed by atoms with Crippen LogP contribution in [0.25, 0.3) is 0 Å². The van der Waals surface area contributed by atoms with Crippen molar-refractivity contribution in [3.05, 3.63) is 30.4 Å². The van der Waals surface area contributed by atoms with Gasteiger partial charge < -0.3 is 10.1 Å². The Labute approximate surface area is 135 Å². The van der Waals surface area contributed by atoms with E-state index in [4.69, 9.17) is 21.7 Å². The van der Waals surface area contributed by atoms with Gasteiger partial charge in [0.05, 0.1) is 25.9 Å². The zero-order valence-corrected chi connectivity index (χ0v) is 12.8. The molecule has 0 radical (unpaired) electrons. The summed E-state index contributed by atoms with van der Waals surface area (Å²) in [5, 5.41) is 10.5. The van der Waals surface area contributed by atoms with E-state index in [2.05, 4.69) is 10.3 Å². The Bertz CT molecular complexity index is 605. The van der Waals surface area contributed by atoms with Gasteiger partial charge in [-0.25, -0.2) is 0 Å². The van der Waals surface area contributed by atoms with E-state index in [1.807, 2.05) is 0 Å². The molecule has 0 fully saturated rings. The number of carbonyl (C=O) groups is 1. The van der Waals surface area contributed by atoms with Crippen molar-refractivity contribution in [2.75, 3.05) is 7.11 Å². The molecule has 0 bridgehead atoms. The third-order valence-electron chi connectivity index (χ3n) is 2.56. The van der Waals surface area contributed by atoms with Crippen LogP contribution in [0.5, 0.6) is 5.75 Å². The number of halogens is 4. The summed E-state index contributed by atoms with van der Waals surface area (Å²) in [5.74, 6) is -0.375. The van der Waals surface area contributed by atoms with Gasteiger partial charge in [0, 0.05) is 12.5 Å². The normalized spacial score (nSPS) is 12.0. The molecule has 0 unspecified atom stereocenters. The van der Waals surface area contributed by atoms with Crippen molar-refractivity contribution < 1.29 is 28.0 Å². The fourth-order valence-electron chi connectivity index (χ4n) is 1.46. The number of rotatable bonds is 7. The van der Waals surface area contributed by atoms with Gasteiger partial charge in [-0.2, -0.15) is 13.2 Å². The first-order chi connectivity index (χ1) is 10.7. The predicted molar refractivity (Wildman–Crippen MR) is 77.5 cm³/mol. The first-order valence-electron chi connectivity index (χ1n) is 6.36. The van der Waals surface area contributed by atoms with Gasteiger partial charge in [-0.1, -0.05) is 11.6 Å².